The lowest BCUT2D eigenvalue weighted by atomic mass is 9.96. The van der Waals surface area contributed by atoms with Crippen molar-refractivity contribution in [2.45, 2.75) is 50.6 Å². The van der Waals surface area contributed by atoms with E-state index < -0.39 is 9.84 Å². The minimum atomic E-state index is -3.10. The predicted molar refractivity (Wildman–Crippen MR) is 82.5 cm³/mol. The average Bonchev–Trinajstić information content (AvgIpc) is 2.70. The largest absolute Gasteiger partial charge is 0.307 e. The molecule has 4 heteroatoms. The van der Waals surface area contributed by atoms with Crippen LogP contribution < -0.4 is 5.32 Å². The maximum absolute atomic E-state index is 11.5. The Balaban J connectivity index is 2.05. The molecule has 0 radical (unpaired) electrons. The first-order valence-corrected chi connectivity index (χ1v) is 9.24. The second kappa shape index (κ2) is 5.86. The van der Waals surface area contributed by atoms with Crippen molar-refractivity contribution in [3.63, 3.8) is 0 Å². The van der Waals surface area contributed by atoms with Crippen molar-refractivity contribution in [1.82, 2.24) is 5.32 Å². The Hall–Kier alpha value is -0.870. The molecule has 0 amide bonds. The van der Waals surface area contributed by atoms with Gasteiger partial charge < -0.3 is 5.32 Å². The van der Waals surface area contributed by atoms with Gasteiger partial charge in [0.05, 0.1) is 4.90 Å². The highest BCUT2D eigenvalue weighted by Crippen LogP contribution is 2.32. The topological polar surface area (TPSA) is 46.2 Å². The maximum atomic E-state index is 11.5. The third-order valence-corrected chi connectivity index (χ3v) is 5.87. The van der Waals surface area contributed by atoms with E-state index in [0.29, 0.717) is 16.9 Å². The van der Waals surface area contributed by atoms with Crippen molar-refractivity contribution in [2.24, 2.45) is 11.8 Å². The van der Waals surface area contributed by atoms with Crippen molar-refractivity contribution in [1.29, 1.82) is 0 Å². The lowest BCUT2D eigenvalue weighted by Gasteiger charge is -2.24. The van der Waals surface area contributed by atoms with Gasteiger partial charge in [0.2, 0.25) is 0 Å². The molecule has 0 aromatic heterocycles. The molecule has 0 aliphatic heterocycles. The smallest absolute Gasteiger partial charge is 0.175 e. The third kappa shape index (κ3) is 3.41. The zero-order valence-corrected chi connectivity index (χ0v) is 13.6. The highest BCUT2D eigenvalue weighted by molar-refractivity contribution is 7.90. The molecule has 4 atom stereocenters. The molecule has 1 aromatic carbocycles. The monoisotopic (exact) mass is 295 g/mol. The fourth-order valence-corrected chi connectivity index (χ4v) is 3.65. The Kier molecular flexibility index (Phi) is 4.55. The van der Waals surface area contributed by atoms with Gasteiger partial charge in [0.1, 0.15) is 0 Å². The molecule has 3 nitrogen and oxygen atoms in total. The third-order valence-electron chi connectivity index (χ3n) is 4.74. The summed E-state index contributed by atoms with van der Waals surface area (Å²) in [6.07, 6.45) is 3.76. The quantitative estimate of drug-likeness (QED) is 0.928. The normalized spacial score (nSPS) is 28.5. The van der Waals surface area contributed by atoms with Crippen LogP contribution in [-0.4, -0.2) is 20.7 Å². The molecular weight excluding hydrogens is 270 g/mol. The summed E-state index contributed by atoms with van der Waals surface area (Å²) in [6, 6.07) is 8.04. The second-order valence-corrected chi connectivity index (χ2v) is 8.27. The highest BCUT2D eigenvalue weighted by Gasteiger charge is 2.30. The molecule has 0 spiro atoms. The van der Waals surface area contributed by atoms with Crippen LogP contribution in [0.4, 0.5) is 0 Å². The Morgan fingerprint density at radius 1 is 1.15 bits per heavy atom. The zero-order chi connectivity index (χ0) is 14.9. The summed E-state index contributed by atoms with van der Waals surface area (Å²) in [5, 5.41) is 3.68. The van der Waals surface area contributed by atoms with Crippen LogP contribution in [0.3, 0.4) is 0 Å². The van der Waals surface area contributed by atoms with Crippen molar-refractivity contribution in [3.05, 3.63) is 29.8 Å². The SMILES string of the molecule is CC(NC1CCC(C)C1C)c1ccc(S(C)(=O)=O)cc1. The highest BCUT2D eigenvalue weighted by atomic mass is 32.2. The first-order chi connectivity index (χ1) is 9.29. The van der Waals surface area contributed by atoms with Crippen LogP contribution in [0.15, 0.2) is 29.2 Å². The standard InChI is InChI=1S/C16H25NO2S/c1-11-5-10-16(12(11)2)17-13(3)14-6-8-15(9-7-14)20(4,18)19/h6-9,11-13,16-17H,5,10H2,1-4H3. The van der Waals surface area contributed by atoms with Crippen molar-refractivity contribution >= 4 is 9.84 Å². The molecule has 1 aromatic rings. The Bertz CT molecular complexity index is 550. The van der Waals surface area contributed by atoms with E-state index in [9.17, 15) is 8.42 Å². The van der Waals surface area contributed by atoms with Crippen LogP contribution in [0, 0.1) is 11.8 Å². The minimum Gasteiger partial charge on any atom is -0.307 e. The van der Waals surface area contributed by atoms with Crippen molar-refractivity contribution < 1.29 is 8.42 Å². The second-order valence-electron chi connectivity index (χ2n) is 6.25. The predicted octanol–water partition coefficient (Wildman–Crippen LogP) is 3.18. The molecule has 112 valence electrons. The van der Waals surface area contributed by atoms with Gasteiger partial charge in [-0.15, -0.1) is 0 Å². The molecule has 1 fully saturated rings. The van der Waals surface area contributed by atoms with E-state index in [4.69, 9.17) is 0 Å². The summed E-state index contributed by atoms with van der Waals surface area (Å²) in [6.45, 7) is 6.78. The molecule has 1 aliphatic rings. The van der Waals surface area contributed by atoms with Gasteiger partial charge in [-0.25, -0.2) is 8.42 Å². The van der Waals surface area contributed by atoms with Gasteiger partial charge in [-0.2, -0.15) is 0 Å². The van der Waals surface area contributed by atoms with Crippen molar-refractivity contribution in [3.8, 4) is 0 Å². The Morgan fingerprint density at radius 3 is 2.20 bits per heavy atom. The van der Waals surface area contributed by atoms with Gasteiger partial charge in [-0.3, -0.25) is 0 Å². The molecule has 1 N–H and O–H groups in total. The minimum absolute atomic E-state index is 0.251. The fraction of sp³-hybridized carbons (Fsp3) is 0.625. The van der Waals surface area contributed by atoms with Gasteiger partial charge in [0, 0.05) is 18.3 Å². The van der Waals surface area contributed by atoms with Gasteiger partial charge in [-0.1, -0.05) is 26.0 Å². The number of rotatable bonds is 4. The molecule has 1 aliphatic carbocycles. The summed E-state index contributed by atoms with van der Waals surface area (Å²) < 4.78 is 22.9. The molecule has 4 unspecified atom stereocenters. The van der Waals surface area contributed by atoms with Gasteiger partial charge in [0.15, 0.2) is 9.84 Å². The van der Waals surface area contributed by atoms with E-state index in [0.717, 1.165) is 11.5 Å². The van der Waals surface area contributed by atoms with E-state index in [1.54, 1.807) is 12.1 Å². The first-order valence-electron chi connectivity index (χ1n) is 7.35. The van der Waals surface area contributed by atoms with Gasteiger partial charge in [-0.05, 0) is 49.3 Å². The lowest BCUT2D eigenvalue weighted by molar-refractivity contribution is 0.347. The number of hydrogen-bond donors (Lipinski definition) is 1. The van der Waals surface area contributed by atoms with Crippen LogP contribution in [-0.2, 0) is 9.84 Å². The Labute approximate surface area is 122 Å². The van der Waals surface area contributed by atoms with Crippen LogP contribution in [0.2, 0.25) is 0 Å². The maximum Gasteiger partial charge on any atom is 0.175 e. The van der Waals surface area contributed by atoms with E-state index in [-0.39, 0.29) is 6.04 Å². The molecular formula is C16H25NO2S. The summed E-state index contributed by atoms with van der Waals surface area (Å²) in [5.41, 5.74) is 1.14. The summed E-state index contributed by atoms with van der Waals surface area (Å²) in [7, 11) is -3.10. The number of sulfone groups is 1. The van der Waals surface area contributed by atoms with E-state index in [1.165, 1.54) is 19.1 Å². The van der Waals surface area contributed by atoms with Crippen molar-refractivity contribution in [2.75, 3.05) is 6.26 Å². The summed E-state index contributed by atoms with van der Waals surface area (Å²) in [5.74, 6) is 1.49. The van der Waals surface area contributed by atoms with E-state index in [1.807, 2.05) is 12.1 Å². The van der Waals surface area contributed by atoms with E-state index in [2.05, 4.69) is 26.1 Å². The molecule has 0 saturated heterocycles. The lowest BCUT2D eigenvalue weighted by Crippen LogP contribution is -2.34. The zero-order valence-electron chi connectivity index (χ0n) is 12.8. The average molecular weight is 295 g/mol. The van der Waals surface area contributed by atoms with E-state index >= 15 is 0 Å². The number of benzene rings is 1. The van der Waals surface area contributed by atoms with Crippen LogP contribution >= 0.6 is 0 Å². The molecule has 0 bridgehead atoms. The van der Waals surface area contributed by atoms with Crippen LogP contribution in [0.1, 0.15) is 45.2 Å². The number of nitrogens with one attached hydrogen (secondary N) is 1. The molecule has 1 saturated carbocycles. The summed E-state index contributed by atoms with van der Waals surface area (Å²) >= 11 is 0. The van der Waals surface area contributed by atoms with Crippen LogP contribution in [0.5, 0.6) is 0 Å². The molecule has 0 heterocycles. The molecule has 2 rings (SSSR count). The fourth-order valence-electron chi connectivity index (χ4n) is 3.02. The van der Waals surface area contributed by atoms with Gasteiger partial charge in [0.25, 0.3) is 0 Å². The summed E-state index contributed by atoms with van der Waals surface area (Å²) in [4.78, 5) is 0.385. The van der Waals surface area contributed by atoms with Crippen LogP contribution in [0.25, 0.3) is 0 Å². The molecule has 20 heavy (non-hydrogen) atoms. The number of hydrogen-bond acceptors (Lipinski definition) is 3. The first kappa shape index (κ1) is 15.5. The van der Waals surface area contributed by atoms with Gasteiger partial charge >= 0.3 is 0 Å². The Morgan fingerprint density at radius 2 is 1.75 bits per heavy atom.